The Morgan fingerprint density at radius 2 is 2.21 bits per heavy atom. The van der Waals surface area contributed by atoms with Crippen LogP contribution in [-0.2, 0) is 11.2 Å². The summed E-state index contributed by atoms with van der Waals surface area (Å²) in [6.45, 7) is 0. The molecule has 1 heterocycles. The van der Waals surface area contributed by atoms with Gasteiger partial charge in [0.2, 0.25) is 5.91 Å². The first kappa shape index (κ1) is 13.2. The second kappa shape index (κ2) is 5.57. The number of halogens is 1. The predicted molar refractivity (Wildman–Crippen MR) is 73.2 cm³/mol. The highest BCUT2D eigenvalue weighted by molar-refractivity contribution is 7.80. The number of benzene rings is 1. The Balaban J connectivity index is 2.08. The maximum atomic E-state index is 13.4. The second-order valence-electron chi connectivity index (χ2n) is 3.84. The Hall–Kier alpha value is -2.28. The van der Waals surface area contributed by atoms with Crippen molar-refractivity contribution in [2.45, 2.75) is 6.42 Å². The smallest absolute Gasteiger partial charge is 0.230 e. The number of aromatic nitrogens is 2. The lowest BCUT2D eigenvalue weighted by atomic mass is 10.1. The molecule has 2 aromatic rings. The summed E-state index contributed by atoms with van der Waals surface area (Å²) < 4.78 is 13.4. The lowest BCUT2D eigenvalue weighted by Gasteiger charge is -2.05. The number of nitrogens with zero attached hydrogens (tertiary/aromatic N) is 1. The Morgan fingerprint density at radius 1 is 1.47 bits per heavy atom. The third-order valence-electron chi connectivity index (χ3n) is 2.48. The van der Waals surface area contributed by atoms with Crippen molar-refractivity contribution in [3.63, 3.8) is 0 Å². The van der Waals surface area contributed by atoms with Crippen LogP contribution >= 0.6 is 12.2 Å². The van der Waals surface area contributed by atoms with Gasteiger partial charge in [-0.3, -0.25) is 9.89 Å². The highest BCUT2D eigenvalue weighted by Crippen LogP contribution is 2.12. The summed E-state index contributed by atoms with van der Waals surface area (Å²) in [5.41, 5.74) is 6.23. The van der Waals surface area contributed by atoms with Crippen molar-refractivity contribution in [1.82, 2.24) is 10.2 Å². The fourth-order valence-corrected chi connectivity index (χ4v) is 1.72. The maximum absolute atomic E-state index is 13.4. The van der Waals surface area contributed by atoms with Gasteiger partial charge in [0.25, 0.3) is 0 Å². The van der Waals surface area contributed by atoms with E-state index >= 15 is 0 Å². The largest absolute Gasteiger partial charge is 0.389 e. The number of carbonyl (C=O) groups is 1. The lowest BCUT2D eigenvalue weighted by Crippen LogP contribution is -2.18. The van der Waals surface area contributed by atoms with E-state index in [9.17, 15) is 9.18 Å². The van der Waals surface area contributed by atoms with E-state index in [2.05, 4.69) is 15.5 Å². The van der Waals surface area contributed by atoms with E-state index < -0.39 is 5.82 Å². The predicted octanol–water partition coefficient (Wildman–Crippen LogP) is 1.36. The van der Waals surface area contributed by atoms with Crippen molar-refractivity contribution in [3.8, 4) is 0 Å². The third-order valence-corrected chi connectivity index (χ3v) is 2.70. The minimum absolute atomic E-state index is 0.0809. The van der Waals surface area contributed by atoms with Gasteiger partial charge in [-0.25, -0.2) is 4.39 Å². The standard InChI is InChI=1S/C12H11FN4OS/c13-9-4-2-1-3-7(9)5-10(18)16-12-8(11(14)19)6-15-17-12/h1-4,6H,5H2,(H2,14,19)(H2,15,16,17,18). The second-order valence-corrected chi connectivity index (χ2v) is 4.28. The maximum Gasteiger partial charge on any atom is 0.230 e. The number of carbonyl (C=O) groups excluding carboxylic acids is 1. The number of rotatable bonds is 4. The fraction of sp³-hybridized carbons (Fsp3) is 0.0833. The first-order valence-corrected chi connectivity index (χ1v) is 5.85. The number of H-pyrrole nitrogens is 1. The zero-order valence-corrected chi connectivity index (χ0v) is 10.6. The number of nitrogens with two attached hydrogens (primary N) is 1. The van der Waals surface area contributed by atoms with Gasteiger partial charge in [0, 0.05) is 0 Å². The van der Waals surface area contributed by atoms with Gasteiger partial charge >= 0.3 is 0 Å². The van der Waals surface area contributed by atoms with Gasteiger partial charge < -0.3 is 11.1 Å². The van der Waals surface area contributed by atoms with Gasteiger partial charge in [-0.15, -0.1) is 0 Å². The van der Waals surface area contributed by atoms with E-state index in [1.807, 2.05) is 0 Å². The Labute approximate surface area is 114 Å². The highest BCUT2D eigenvalue weighted by Gasteiger charge is 2.12. The van der Waals surface area contributed by atoms with E-state index in [1.54, 1.807) is 18.2 Å². The van der Waals surface area contributed by atoms with E-state index in [-0.39, 0.29) is 17.3 Å². The number of hydrogen-bond donors (Lipinski definition) is 3. The van der Waals surface area contributed by atoms with Crippen LogP contribution in [0.5, 0.6) is 0 Å². The minimum atomic E-state index is -0.420. The molecule has 0 aliphatic carbocycles. The van der Waals surface area contributed by atoms with Gasteiger partial charge in [-0.1, -0.05) is 30.4 Å². The molecule has 98 valence electrons. The van der Waals surface area contributed by atoms with Crippen LogP contribution in [0.4, 0.5) is 10.2 Å². The molecule has 1 amide bonds. The number of nitrogens with one attached hydrogen (secondary N) is 2. The zero-order chi connectivity index (χ0) is 13.8. The van der Waals surface area contributed by atoms with Gasteiger partial charge in [0.05, 0.1) is 18.2 Å². The molecule has 1 aromatic heterocycles. The molecule has 5 nitrogen and oxygen atoms in total. The van der Waals surface area contributed by atoms with Crippen LogP contribution in [0.1, 0.15) is 11.1 Å². The fourth-order valence-electron chi connectivity index (χ4n) is 1.57. The van der Waals surface area contributed by atoms with E-state index in [0.29, 0.717) is 16.9 Å². The molecule has 1 aromatic carbocycles. The van der Waals surface area contributed by atoms with Crippen LogP contribution in [0, 0.1) is 5.82 Å². The van der Waals surface area contributed by atoms with E-state index in [1.165, 1.54) is 12.3 Å². The molecule has 4 N–H and O–H groups in total. The highest BCUT2D eigenvalue weighted by atomic mass is 32.1. The van der Waals surface area contributed by atoms with Gasteiger partial charge in [-0.2, -0.15) is 5.10 Å². The third kappa shape index (κ3) is 3.14. The van der Waals surface area contributed by atoms with Crippen LogP contribution in [0.3, 0.4) is 0 Å². The summed E-state index contributed by atoms with van der Waals surface area (Å²) in [6, 6.07) is 6.09. The molecular formula is C12H11FN4OS. The van der Waals surface area contributed by atoms with Crippen molar-refractivity contribution in [1.29, 1.82) is 0 Å². The molecule has 0 atom stereocenters. The number of thiocarbonyl (C=S) groups is 1. The van der Waals surface area contributed by atoms with Gasteiger partial charge in [0.1, 0.15) is 16.6 Å². The number of anilines is 1. The molecule has 0 fully saturated rings. The molecule has 0 bridgehead atoms. The molecule has 0 aliphatic heterocycles. The SMILES string of the molecule is NC(=S)c1cn[nH]c1NC(=O)Cc1ccccc1F. The van der Waals surface area contributed by atoms with Crippen molar-refractivity contribution < 1.29 is 9.18 Å². The van der Waals surface area contributed by atoms with Crippen LogP contribution < -0.4 is 11.1 Å². The molecule has 7 heteroatoms. The first-order valence-electron chi connectivity index (χ1n) is 5.44. The van der Waals surface area contributed by atoms with Crippen molar-refractivity contribution in [2.24, 2.45) is 5.73 Å². The first-order chi connectivity index (χ1) is 9.08. The molecule has 0 saturated heterocycles. The Kier molecular flexibility index (Phi) is 3.86. The molecule has 2 rings (SSSR count). The Morgan fingerprint density at radius 3 is 2.89 bits per heavy atom. The average molecular weight is 278 g/mol. The van der Waals surface area contributed by atoms with E-state index in [4.69, 9.17) is 18.0 Å². The molecule has 0 aliphatic rings. The normalized spacial score (nSPS) is 10.2. The average Bonchev–Trinajstić information content (AvgIpc) is 2.80. The molecule has 0 radical (unpaired) electrons. The summed E-state index contributed by atoms with van der Waals surface area (Å²) in [7, 11) is 0. The minimum Gasteiger partial charge on any atom is -0.389 e. The zero-order valence-electron chi connectivity index (χ0n) is 9.81. The topological polar surface area (TPSA) is 83.8 Å². The van der Waals surface area contributed by atoms with Crippen LogP contribution in [0.25, 0.3) is 0 Å². The van der Waals surface area contributed by atoms with Crippen LogP contribution in [-0.4, -0.2) is 21.1 Å². The van der Waals surface area contributed by atoms with E-state index in [0.717, 1.165) is 0 Å². The monoisotopic (exact) mass is 278 g/mol. The molecule has 0 saturated carbocycles. The number of hydrogen-bond acceptors (Lipinski definition) is 3. The molecule has 0 unspecified atom stereocenters. The molecule has 0 spiro atoms. The van der Waals surface area contributed by atoms with Crippen LogP contribution in [0.2, 0.25) is 0 Å². The van der Waals surface area contributed by atoms with Crippen molar-refractivity contribution >= 4 is 28.9 Å². The molecule has 19 heavy (non-hydrogen) atoms. The summed E-state index contributed by atoms with van der Waals surface area (Å²) in [6.07, 6.45) is 1.34. The lowest BCUT2D eigenvalue weighted by molar-refractivity contribution is -0.115. The number of aromatic amines is 1. The quantitative estimate of drug-likeness (QED) is 0.737. The van der Waals surface area contributed by atoms with Gasteiger partial charge in [-0.05, 0) is 11.6 Å². The van der Waals surface area contributed by atoms with Gasteiger partial charge in [0.15, 0.2) is 0 Å². The Bertz CT molecular complexity index is 626. The number of amides is 1. The summed E-state index contributed by atoms with van der Waals surface area (Å²) in [5.74, 6) is -0.488. The molecular weight excluding hydrogens is 267 g/mol. The summed E-state index contributed by atoms with van der Waals surface area (Å²) >= 11 is 4.81. The van der Waals surface area contributed by atoms with Crippen LogP contribution in [0.15, 0.2) is 30.5 Å². The van der Waals surface area contributed by atoms with Crippen molar-refractivity contribution in [2.75, 3.05) is 5.32 Å². The summed E-state index contributed by atoms with van der Waals surface area (Å²) in [5, 5.41) is 8.87. The van der Waals surface area contributed by atoms with Crippen molar-refractivity contribution in [3.05, 3.63) is 47.4 Å². The summed E-state index contributed by atoms with van der Waals surface area (Å²) in [4.78, 5) is 11.9.